The van der Waals surface area contributed by atoms with E-state index < -0.39 is 0 Å². The van der Waals surface area contributed by atoms with E-state index in [4.69, 9.17) is 16.4 Å². The minimum absolute atomic E-state index is 0.203. The predicted molar refractivity (Wildman–Crippen MR) is 157 cm³/mol. The van der Waals surface area contributed by atoms with E-state index in [0.717, 1.165) is 24.4 Å². The van der Waals surface area contributed by atoms with Gasteiger partial charge in [0.1, 0.15) is 0 Å². The summed E-state index contributed by atoms with van der Waals surface area (Å²) in [6.45, 7) is 3.11. The Morgan fingerprint density at radius 3 is 1.89 bits per heavy atom. The van der Waals surface area contributed by atoms with Crippen LogP contribution < -0.4 is 0 Å². The summed E-state index contributed by atoms with van der Waals surface area (Å²) in [5.41, 5.74) is 1.05. The van der Waals surface area contributed by atoms with Crippen molar-refractivity contribution in [2.75, 3.05) is 7.05 Å². The van der Waals surface area contributed by atoms with Gasteiger partial charge in [0.2, 0.25) is 0 Å². The first-order valence-corrected chi connectivity index (χ1v) is 15.6. The van der Waals surface area contributed by atoms with Crippen molar-refractivity contribution in [1.29, 1.82) is 0 Å². The quantitative estimate of drug-likeness (QED) is 0.160. The van der Waals surface area contributed by atoms with E-state index in [-0.39, 0.29) is 11.6 Å². The maximum Gasteiger partial charge on any atom is 0.0946 e. The van der Waals surface area contributed by atoms with Gasteiger partial charge in [-0.25, -0.2) is 4.98 Å². The summed E-state index contributed by atoms with van der Waals surface area (Å²) in [5.74, 6) is 0. The Labute approximate surface area is 232 Å². The fourth-order valence-electron chi connectivity index (χ4n) is 5.94. The number of hydroxylamine groups is 2. The first-order valence-electron chi connectivity index (χ1n) is 15.3. The van der Waals surface area contributed by atoms with Gasteiger partial charge in [-0.3, -0.25) is 4.84 Å². The molecule has 1 aromatic carbocycles. The number of rotatable bonds is 20. The Kier molecular flexibility index (Phi) is 14.1. The van der Waals surface area contributed by atoms with Crippen LogP contribution in [0.1, 0.15) is 128 Å². The predicted octanol–water partition coefficient (Wildman–Crippen LogP) is 9.72. The second-order valence-electron chi connectivity index (χ2n) is 11.3. The van der Waals surface area contributed by atoms with Gasteiger partial charge in [0, 0.05) is 37.4 Å². The van der Waals surface area contributed by atoms with Gasteiger partial charge in [-0.1, -0.05) is 133 Å². The van der Waals surface area contributed by atoms with Crippen molar-refractivity contribution >= 4 is 11.6 Å². The largest absolute Gasteiger partial charge is 0.335 e. The van der Waals surface area contributed by atoms with Crippen LogP contribution >= 0.6 is 11.6 Å². The van der Waals surface area contributed by atoms with Crippen LogP contribution in [0.5, 0.6) is 0 Å². The Bertz CT molecular complexity index is 825. The molecule has 1 saturated heterocycles. The van der Waals surface area contributed by atoms with E-state index >= 15 is 0 Å². The highest BCUT2D eigenvalue weighted by molar-refractivity contribution is 6.30. The molecular formula is C32H52ClN3O. The summed E-state index contributed by atoms with van der Waals surface area (Å²) >= 11 is 6.19. The van der Waals surface area contributed by atoms with Crippen LogP contribution in [0.3, 0.4) is 0 Å². The van der Waals surface area contributed by atoms with E-state index in [1.165, 1.54) is 108 Å². The lowest BCUT2D eigenvalue weighted by atomic mass is 9.84. The van der Waals surface area contributed by atoms with Crippen molar-refractivity contribution in [1.82, 2.24) is 14.6 Å². The molecule has 0 bridgehead atoms. The van der Waals surface area contributed by atoms with E-state index in [9.17, 15) is 0 Å². The number of aromatic nitrogens is 2. The smallest absolute Gasteiger partial charge is 0.0946 e. The minimum Gasteiger partial charge on any atom is -0.335 e. The van der Waals surface area contributed by atoms with Crippen molar-refractivity contribution in [3.63, 3.8) is 0 Å². The van der Waals surface area contributed by atoms with Crippen molar-refractivity contribution in [3.05, 3.63) is 53.6 Å². The van der Waals surface area contributed by atoms with Gasteiger partial charge in [0.15, 0.2) is 0 Å². The summed E-state index contributed by atoms with van der Waals surface area (Å²) < 4.78 is 2.16. The fraction of sp³-hybridized carbons (Fsp3) is 0.719. The third-order valence-corrected chi connectivity index (χ3v) is 8.49. The number of hydrogen-bond acceptors (Lipinski definition) is 3. The average molecular weight is 530 g/mol. The molecule has 1 aliphatic rings. The lowest BCUT2D eigenvalue weighted by Crippen LogP contribution is -2.41. The summed E-state index contributed by atoms with van der Waals surface area (Å²) in [6, 6.07) is 8.28. The van der Waals surface area contributed by atoms with Crippen LogP contribution in [0, 0.1) is 0 Å². The highest BCUT2D eigenvalue weighted by Crippen LogP contribution is 2.42. The summed E-state index contributed by atoms with van der Waals surface area (Å²) in [4.78, 5) is 10.7. The Hall–Kier alpha value is -1.36. The zero-order valence-corrected chi connectivity index (χ0v) is 24.4. The second kappa shape index (κ2) is 17.3. The third-order valence-electron chi connectivity index (χ3n) is 8.24. The normalized spacial score (nSPS) is 20.1. The Morgan fingerprint density at radius 1 is 0.838 bits per heavy atom. The van der Waals surface area contributed by atoms with Crippen molar-refractivity contribution in [3.8, 4) is 0 Å². The Balaban J connectivity index is 1.27. The molecule has 0 saturated carbocycles. The number of likely N-dealkylation sites (N-methyl/N-ethyl adjacent to an activating group) is 1. The van der Waals surface area contributed by atoms with Gasteiger partial charge in [-0.05, 0) is 24.1 Å². The van der Waals surface area contributed by atoms with Gasteiger partial charge in [-0.2, -0.15) is 5.06 Å². The molecule has 0 aliphatic carbocycles. The van der Waals surface area contributed by atoms with E-state index in [0.29, 0.717) is 0 Å². The molecule has 4 nitrogen and oxygen atoms in total. The van der Waals surface area contributed by atoms with Crippen molar-refractivity contribution < 1.29 is 4.84 Å². The van der Waals surface area contributed by atoms with Crippen molar-refractivity contribution in [2.45, 2.75) is 141 Å². The van der Waals surface area contributed by atoms with E-state index in [1.807, 2.05) is 30.9 Å². The first-order chi connectivity index (χ1) is 18.1. The van der Waals surface area contributed by atoms with Crippen LogP contribution in [0.2, 0.25) is 5.02 Å². The van der Waals surface area contributed by atoms with Gasteiger partial charge in [0.25, 0.3) is 0 Å². The monoisotopic (exact) mass is 529 g/mol. The number of unbranched alkanes of at least 4 members (excludes halogenated alkanes) is 15. The first kappa shape index (κ1) is 30.2. The average Bonchev–Trinajstić information content (AvgIpc) is 3.52. The SMILES string of the molecule is CCCCCCCCCCCCCCCCCCC1CC(Cn2ccnc2)(c2ccc(Cl)cc2)N(C)O1. The van der Waals surface area contributed by atoms with Crippen LogP contribution in [0.25, 0.3) is 0 Å². The van der Waals surface area contributed by atoms with Crippen LogP contribution in [0.15, 0.2) is 43.0 Å². The maximum absolute atomic E-state index is 6.40. The zero-order chi connectivity index (χ0) is 26.2. The lowest BCUT2D eigenvalue weighted by molar-refractivity contribution is -0.176. The number of imidazole rings is 1. The van der Waals surface area contributed by atoms with Gasteiger partial charge < -0.3 is 4.57 Å². The Morgan fingerprint density at radius 2 is 1.38 bits per heavy atom. The molecule has 37 heavy (non-hydrogen) atoms. The maximum atomic E-state index is 6.40. The second-order valence-corrected chi connectivity index (χ2v) is 11.7. The molecule has 2 heterocycles. The molecule has 5 heteroatoms. The molecule has 1 aromatic heterocycles. The summed E-state index contributed by atoms with van der Waals surface area (Å²) in [7, 11) is 2.08. The van der Waals surface area contributed by atoms with Gasteiger partial charge in [-0.15, -0.1) is 0 Å². The lowest BCUT2D eigenvalue weighted by Gasteiger charge is -2.35. The number of hydrogen-bond donors (Lipinski definition) is 0. The molecule has 1 aliphatic heterocycles. The van der Waals surface area contributed by atoms with Gasteiger partial charge >= 0.3 is 0 Å². The molecule has 0 N–H and O–H groups in total. The minimum atomic E-state index is -0.203. The molecule has 0 spiro atoms. The molecule has 0 radical (unpaired) electrons. The van der Waals surface area contributed by atoms with E-state index in [2.05, 4.69) is 40.7 Å². The topological polar surface area (TPSA) is 30.3 Å². The molecule has 1 fully saturated rings. The molecule has 0 amide bonds. The summed E-state index contributed by atoms with van der Waals surface area (Å²) in [5, 5.41) is 2.86. The van der Waals surface area contributed by atoms with Crippen LogP contribution in [-0.4, -0.2) is 27.8 Å². The van der Waals surface area contributed by atoms with Crippen LogP contribution in [-0.2, 0) is 16.9 Å². The molecule has 2 atom stereocenters. The molecule has 2 unspecified atom stereocenters. The highest BCUT2D eigenvalue weighted by atomic mass is 35.5. The highest BCUT2D eigenvalue weighted by Gasteiger charge is 2.46. The van der Waals surface area contributed by atoms with E-state index in [1.54, 1.807) is 0 Å². The third kappa shape index (κ3) is 10.4. The number of nitrogens with zero attached hydrogens (tertiary/aromatic N) is 3. The molecule has 2 aromatic rings. The molecule has 3 rings (SSSR count). The molecular weight excluding hydrogens is 478 g/mol. The standard InChI is InChI=1S/C32H52ClN3O/c1-3-4-5-6-7-8-9-10-11-12-13-14-15-16-17-18-19-31-26-32(35(2)37-31,27-36-25-24-34-28-36)29-20-22-30(33)23-21-29/h20-25,28,31H,3-19,26-27H2,1-2H3. The van der Waals surface area contributed by atoms with Crippen molar-refractivity contribution in [2.24, 2.45) is 0 Å². The van der Waals surface area contributed by atoms with Gasteiger partial charge in [0.05, 0.1) is 18.0 Å². The number of benzene rings is 1. The molecule has 208 valence electrons. The van der Waals surface area contributed by atoms with Crippen LogP contribution in [0.4, 0.5) is 0 Å². The zero-order valence-electron chi connectivity index (χ0n) is 23.7. The fourth-order valence-corrected chi connectivity index (χ4v) is 6.07. The summed E-state index contributed by atoms with van der Waals surface area (Å²) in [6.07, 6.45) is 30.6. The number of halogens is 1.